The second kappa shape index (κ2) is 3.48. The van der Waals surface area contributed by atoms with E-state index >= 15 is 0 Å². The molecule has 0 aliphatic heterocycles. The Bertz CT molecular complexity index is 517. The molecule has 0 bridgehead atoms. The first-order chi connectivity index (χ1) is 7.39. The molecule has 0 spiro atoms. The van der Waals surface area contributed by atoms with Gasteiger partial charge < -0.3 is 10.3 Å². The summed E-state index contributed by atoms with van der Waals surface area (Å²) < 4.78 is 41.2. The highest BCUT2D eigenvalue weighted by Gasteiger charge is 2.37. The van der Waals surface area contributed by atoms with E-state index in [9.17, 15) is 13.2 Å². The second-order valence-corrected chi connectivity index (χ2v) is 3.96. The van der Waals surface area contributed by atoms with Crippen LogP contribution in [0.3, 0.4) is 0 Å². The van der Waals surface area contributed by atoms with Gasteiger partial charge in [0, 0.05) is 0 Å². The van der Waals surface area contributed by atoms with Crippen molar-refractivity contribution in [3.05, 3.63) is 16.8 Å². The van der Waals surface area contributed by atoms with Crippen molar-refractivity contribution >= 4 is 17.0 Å². The minimum atomic E-state index is -4.61. The van der Waals surface area contributed by atoms with Crippen molar-refractivity contribution < 1.29 is 17.7 Å². The fraction of sp³-hybridized carbons (Fsp3) is 0.250. The summed E-state index contributed by atoms with van der Waals surface area (Å²) in [5.74, 6) is -1.50. The lowest BCUT2D eigenvalue weighted by atomic mass is 10.3. The Morgan fingerprint density at radius 2 is 2.12 bits per heavy atom. The third kappa shape index (κ3) is 1.75. The number of nitrogens with zero attached hydrogens (tertiary/aromatic N) is 2. The molecule has 0 aromatic carbocycles. The fourth-order valence-electron chi connectivity index (χ4n) is 1.05. The van der Waals surface area contributed by atoms with Crippen LogP contribution in [0.15, 0.2) is 9.90 Å². The van der Waals surface area contributed by atoms with Crippen molar-refractivity contribution in [2.45, 2.75) is 13.1 Å². The average Bonchev–Trinajstić information content (AvgIpc) is 2.74. The molecule has 0 fully saturated rings. The summed E-state index contributed by atoms with van der Waals surface area (Å²) in [6, 6.07) is 0. The molecule has 2 rings (SSSR count). The summed E-state index contributed by atoms with van der Waals surface area (Å²) in [4.78, 5) is 3.62. The zero-order valence-corrected chi connectivity index (χ0v) is 8.82. The van der Waals surface area contributed by atoms with Crippen LogP contribution in [0.25, 0.3) is 10.8 Å². The second-order valence-electron chi connectivity index (χ2n) is 3.08. The maximum atomic E-state index is 12.2. The number of rotatable bonds is 1. The van der Waals surface area contributed by atoms with Crippen molar-refractivity contribution in [3.63, 3.8) is 0 Å². The zero-order valence-electron chi connectivity index (χ0n) is 8.00. The van der Waals surface area contributed by atoms with E-state index in [0.717, 1.165) is 16.9 Å². The van der Waals surface area contributed by atoms with E-state index < -0.39 is 12.0 Å². The first-order valence-electron chi connectivity index (χ1n) is 4.14. The molecular formula is C8H6F3N3OS. The van der Waals surface area contributed by atoms with Gasteiger partial charge in [0.15, 0.2) is 0 Å². The number of hydrogen-bond acceptors (Lipinski definition) is 5. The molecule has 0 saturated heterocycles. The summed E-state index contributed by atoms with van der Waals surface area (Å²) in [6.45, 7) is 1.75. The molecule has 0 aliphatic rings. The quantitative estimate of drug-likeness (QED) is 0.843. The Balaban J connectivity index is 2.43. The number of alkyl halides is 3. The van der Waals surface area contributed by atoms with E-state index in [0.29, 0.717) is 10.6 Å². The maximum Gasteiger partial charge on any atom is 0.455 e. The van der Waals surface area contributed by atoms with Gasteiger partial charge in [0.25, 0.3) is 11.7 Å². The third-order valence-electron chi connectivity index (χ3n) is 1.90. The molecule has 8 heteroatoms. The molecule has 2 aromatic rings. The van der Waals surface area contributed by atoms with Gasteiger partial charge in [0.1, 0.15) is 4.88 Å². The number of halogens is 3. The van der Waals surface area contributed by atoms with E-state index in [1.54, 1.807) is 12.3 Å². The molecule has 0 radical (unpaired) electrons. The molecule has 16 heavy (non-hydrogen) atoms. The summed E-state index contributed by atoms with van der Waals surface area (Å²) in [7, 11) is 0. The van der Waals surface area contributed by atoms with E-state index in [1.807, 2.05) is 0 Å². The van der Waals surface area contributed by atoms with Gasteiger partial charge >= 0.3 is 6.18 Å². The highest BCUT2D eigenvalue weighted by molar-refractivity contribution is 7.14. The lowest BCUT2D eigenvalue weighted by Gasteiger charge is -1.96. The highest BCUT2D eigenvalue weighted by atomic mass is 32.1. The van der Waals surface area contributed by atoms with Gasteiger partial charge in [-0.1, -0.05) is 5.16 Å². The Hall–Kier alpha value is -1.57. The normalized spacial score (nSPS) is 12.0. The number of aromatic nitrogens is 2. The minimum Gasteiger partial charge on any atom is -0.397 e. The molecule has 4 nitrogen and oxygen atoms in total. The summed E-state index contributed by atoms with van der Waals surface area (Å²) in [6.07, 6.45) is -4.61. The van der Waals surface area contributed by atoms with Crippen LogP contribution >= 0.6 is 11.3 Å². The van der Waals surface area contributed by atoms with Crippen molar-refractivity contribution in [2.75, 3.05) is 5.73 Å². The van der Waals surface area contributed by atoms with Crippen LogP contribution in [0.1, 0.15) is 11.4 Å². The molecule has 0 saturated carbocycles. The maximum absolute atomic E-state index is 12.2. The molecule has 0 unspecified atom stereocenters. The van der Waals surface area contributed by atoms with Crippen molar-refractivity contribution in [1.82, 2.24) is 10.1 Å². The largest absolute Gasteiger partial charge is 0.455 e. The molecule has 0 amide bonds. The van der Waals surface area contributed by atoms with Gasteiger partial charge in [-0.25, -0.2) is 0 Å². The lowest BCUT2D eigenvalue weighted by molar-refractivity contribution is -0.146. The van der Waals surface area contributed by atoms with Crippen LogP contribution in [0.5, 0.6) is 0 Å². The molecular weight excluding hydrogens is 243 g/mol. The number of anilines is 1. The SMILES string of the molecule is Cc1csc(-c2nc(C(F)(F)F)no2)c1N. The topological polar surface area (TPSA) is 64.9 Å². The Kier molecular flexibility index (Phi) is 2.38. The van der Waals surface area contributed by atoms with Crippen LogP contribution in [0, 0.1) is 6.92 Å². The van der Waals surface area contributed by atoms with Gasteiger partial charge in [0.05, 0.1) is 5.69 Å². The molecule has 2 heterocycles. The molecule has 0 aliphatic carbocycles. The van der Waals surface area contributed by atoms with Crippen LogP contribution in [-0.4, -0.2) is 10.1 Å². The Morgan fingerprint density at radius 1 is 1.44 bits per heavy atom. The predicted octanol–water partition coefficient (Wildman–Crippen LogP) is 2.71. The van der Waals surface area contributed by atoms with Crippen LogP contribution < -0.4 is 5.73 Å². The van der Waals surface area contributed by atoms with Crippen molar-refractivity contribution in [1.29, 1.82) is 0 Å². The van der Waals surface area contributed by atoms with Crippen LogP contribution in [0.4, 0.5) is 18.9 Å². The van der Waals surface area contributed by atoms with Gasteiger partial charge in [-0.2, -0.15) is 18.2 Å². The molecule has 2 aromatic heterocycles. The summed E-state index contributed by atoms with van der Waals surface area (Å²) >= 11 is 1.16. The highest BCUT2D eigenvalue weighted by Crippen LogP contribution is 2.35. The third-order valence-corrected chi connectivity index (χ3v) is 3.00. The van der Waals surface area contributed by atoms with Gasteiger partial charge in [-0.15, -0.1) is 11.3 Å². The van der Waals surface area contributed by atoms with E-state index in [-0.39, 0.29) is 5.89 Å². The molecule has 0 atom stereocenters. The van der Waals surface area contributed by atoms with Crippen LogP contribution in [-0.2, 0) is 6.18 Å². The van der Waals surface area contributed by atoms with Crippen molar-refractivity contribution in [2.24, 2.45) is 0 Å². The predicted molar refractivity (Wildman–Crippen MR) is 51.8 cm³/mol. The van der Waals surface area contributed by atoms with Crippen LogP contribution in [0.2, 0.25) is 0 Å². The number of nitrogens with two attached hydrogens (primary N) is 1. The number of nitrogen functional groups attached to an aromatic ring is 1. The van der Waals surface area contributed by atoms with E-state index in [1.165, 1.54) is 0 Å². The Morgan fingerprint density at radius 3 is 2.56 bits per heavy atom. The monoisotopic (exact) mass is 249 g/mol. The zero-order chi connectivity index (χ0) is 11.9. The summed E-state index contributed by atoms with van der Waals surface area (Å²) in [5, 5.41) is 4.56. The number of aryl methyl sites for hydroxylation is 1. The fourth-order valence-corrected chi connectivity index (χ4v) is 1.94. The lowest BCUT2D eigenvalue weighted by Crippen LogP contribution is -2.07. The number of thiophene rings is 1. The molecule has 2 N–H and O–H groups in total. The minimum absolute atomic E-state index is 0.206. The summed E-state index contributed by atoms with van der Waals surface area (Å²) in [5.41, 5.74) is 6.79. The van der Waals surface area contributed by atoms with Crippen molar-refractivity contribution in [3.8, 4) is 10.8 Å². The van der Waals surface area contributed by atoms with E-state index in [4.69, 9.17) is 5.73 Å². The Labute approximate surface area is 91.9 Å². The smallest absolute Gasteiger partial charge is 0.397 e. The first kappa shape index (κ1) is 10.9. The average molecular weight is 249 g/mol. The van der Waals surface area contributed by atoms with Gasteiger partial charge in [0.2, 0.25) is 0 Å². The van der Waals surface area contributed by atoms with Gasteiger partial charge in [-0.05, 0) is 17.9 Å². The standard InChI is InChI=1S/C8H6F3N3OS/c1-3-2-16-5(4(3)12)6-13-7(14-15-6)8(9,10)11/h2H,12H2,1H3. The number of hydrogen-bond donors (Lipinski definition) is 1. The van der Waals surface area contributed by atoms with Gasteiger partial charge in [-0.3, -0.25) is 0 Å². The first-order valence-corrected chi connectivity index (χ1v) is 5.02. The van der Waals surface area contributed by atoms with E-state index in [2.05, 4.69) is 14.7 Å². The molecule has 86 valence electrons.